The molecule has 0 saturated heterocycles. The predicted molar refractivity (Wildman–Crippen MR) is 74.4 cm³/mol. The van der Waals surface area contributed by atoms with Crippen LogP contribution in [-0.4, -0.2) is 32.0 Å². The molecule has 1 aliphatic carbocycles. The molecule has 8 heteroatoms. The van der Waals surface area contributed by atoms with E-state index in [1.54, 1.807) is 12.1 Å². The number of hydrogen-bond acceptors (Lipinski definition) is 3. The van der Waals surface area contributed by atoms with E-state index in [0.717, 1.165) is 4.68 Å². The number of carboxylic acid groups (broad SMARTS) is 1. The Bertz CT molecular complexity index is 735. The van der Waals surface area contributed by atoms with Gasteiger partial charge in [-0.05, 0) is 36.5 Å². The molecule has 1 heterocycles. The molecule has 23 heavy (non-hydrogen) atoms. The fourth-order valence-corrected chi connectivity index (χ4v) is 2.83. The van der Waals surface area contributed by atoms with Crippen molar-refractivity contribution in [2.75, 3.05) is 0 Å². The number of nitrogens with zero attached hydrogens (tertiary/aromatic N) is 3. The maximum absolute atomic E-state index is 14.3. The third-order valence-electron chi connectivity index (χ3n) is 4.12. The van der Waals surface area contributed by atoms with Crippen molar-refractivity contribution >= 4 is 5.97 Å². The van der Waals surface area contributed by atoms with Gasteiger partial charge in [-0.15, -0.1) is 5.10 Å². The van der Waals surface area contributed by atoms with Crippen LogP contribution in [0.25, 0.3) is 5.69 Å². The summed E-state index contributed by atoms with van der Waals surface area (Å²) in [5, 5.41) is 15.9. The molecule has 0 spiro atoms. The number of carbonyl (C=O) groups is 1. The molecular formula is C15H14F3N3O2. The summed E-state index contributed by atoms with van der Waals surface area (Å²) < 4.78 is 41.8. The molecule has 1 N–H and O–H groups in total. The number of rotatable bonds is 3. The van der Waals surface area contributed by atoms with Crippen molar-refractivity contribution in [1.82, 2.24) is 15.0 Å². The maximum Gasteiger partial charge on any atom is 0.358 e. The normalized spacial score (nSPS) is 18.0. The Hall–Kier alpha value is -2.38. The van der Waals surface area contributed by atoms with Crippen LogP contribution < -0.4 is 0 Å². The number of alkyl halides is 2. The standard InChI is InChI=1S/C15H14F3N3O2/c16-12-7-10(21-8-13(14(22)23)19-20-21)1-2-11(12)9-3-5-15(17,18)6-4-9/h1-2,7-9H,3-6H2,(H,22,23). The summed E-state index contributed by atoms with van der Waals surface area (Å²) in [5.74, 6) is -4.61. The maximum atomic E-state index is 14.3. The van der Waals surface area contributed by atoms with E-state index in [-0.39, 0.29) is 37.3 Å². The van der Waals surface area contributed by atoms with Crippen LogP contribution in [-0.2, 0) is 0 Å². The lowest BCUT2D eigenvalue weighted by atomic mass is 9.82. The average Bonchev–Trinajstić information content (AvgIpc) is 2.98. The SMILES string of the molecule is O=C(O)c1cn(-c2ccc(C3CCC(F)(F)CC3)c(F)c2)nn1. The van der Waals surface area contributed by atoms with Gasteiger partial charge in [0.25, 0.3) is 0 Å². The van der Waals surface area contributed by atoms with Gasteiger partial charge < -0.3 is 5.11 Å². The third-order valence-corrected chi connectivity index (χ3v) is 4.12. The molecule has 122 valence electrons. The minimum Gasteiger partial charge on any atom is -0.476 e. The van der Waals surface area contributed by atoms with Crippen molar-refractivity contribution < 1.29 is 23.1 Å². The highest BCUT2D eigenvalue weighted by Gasteiger charge is 2.36. The molecule has 1 aromatic heterocycles. The fourth-order valence-electron chi connectivity index (χ4n) is 2.83. The molecule has 0 aliphatic heterocycles. The lowest BCUT2D eigenvalue weighted by Gasteiger charge is -2.28. The number of hydrogen-bond donors (Lipinski definition) is 1. The van der Waals surface area contributed by atoms with Crippen molar-refractivity contribution in [3.8, 4) is 5.69 Å². The van der Waals surface area contributed by atoms with Crippen molar-refractivity contribution in [3.63, 3.8) is 0 Å². The van der Waals surface area contributed by atoms with Crippen molar-refractivity contribution in [2.45, 2.75) is 37.5 Å². The first-order valence-corrected chi connectivity index (χ1v) is 7.19. The van der Waals surface area contributed by atoms with Gasteiger partial charge in [-0.25, -0.2) is 22.6 Å². The van der Waals surface area contributed by atoms with E-state index in [1.165, 1.54) is 12.3 Å². The van der Waals surface area contributed by atoms with Crippen molar-refractivity contribution in [2.24, 2.45) is 0 Å². The topological polar surface area (TPSA) is 68.0 Å². The van der Waals surface area contributed by atoms with E-state index in [0.29, 0.717) is 11.3 Å². The van der Waals surface area contributed by atoms with Crippen molar-refractivity contribution in [3.05, 3.63) is 41.5 Å². The molecule has 0 amide bonds. The van der Waals surface area contributed by atoms with E-state index in [9.17, 15) is 18.0 Å². The van der Waals surface area contributed by atoms with Crippen molar-refractivity contribution in [1.29, 1.82) is 0 Å². The number of carboxylic acids is 1. The van der Waals surface area contributed by atoms with Gasteiger partial charge in [0, 0.05) is 12.8 Å². The summed E-state index contributed by atoms with van der Waals surface area (Å²) in [6.45, 7) is 0. The molecule has 1 saturated carbocycles. The van der Waals surface area contributed by atoms with Gasteiger partial charge in [0.15, 0.2) is 5.69 Å². The highest BCUT2D eigenvalue weighted by molar-refractivity contribution is 5.84. The first-order valence-electron chi connectivity index (χ1n) is 7.19. The highest BCUT2D eigenvalue weighted by atomic mass is 19.3. The predicted octanol–water partition coefficient (Wildman–Crippen LogP) is 3.40. The monoisotopic (exact) mass is 325 g/mol. The molecule has 1 fully saturated rings. The molecule has 0 atom stereocenters. The van der Waals surface area contributed by atoms with Crippen LogP contribution in [0.4, 0.5) is 13.2 Å². The van der Waals surface area contributed by atoms with Gasteiger partial charge >= 0.3 is 5.97 Å². The number of aromatic carboxylic acids is 1. The van der Waals surface area contributed by atoms with Gasteiger partial charge in [0.2, 0.25) is 5.92 Å². The van der Waals surface area contributed by atoms with Crippen LogP contribution in [0.1, 0.15) is 47.7 Å². The smallest absolute Gasteiger partial charge is 0.358 e. The van der Waals surface area contributed by atoms with E-state index >= 15 is 0 Å². The molecule has 2 aromatic rings. The Morgan fingerprint density at radius 2 is 2.00 bits per heavy atom. The fraction of sp³-hybridized carbons (Fsp3) is 0.400. The first kappa shape index (κ1) is 15.5. The molecule has 1 aromatic carbocycles. The quantitative estimate of drug-likeness (QED) is 0.939. The second kappa shape index (κ2) is 5.68. The van der Waals surface area contributed by atoms with Gasteiger partial charge in [-0.2, -0.15) is 0 Å². The molecule has 0 unspecified atom stereocenters. The van der Waals surface area contributed by atoms with Crippen LogP contribution in [0.3, 0.4) is 0 Å². The van der Waals surface area contributed by atoms with E-state index in [1.807, 2.05) is 0 Å². The first-order chi connectivity index (χ1) is 10.9. The Labute approximate surface area is 129 Å². The summed E-state index contributed by atoms with van der Waals surface area (Å²) >= 11 is 0. The summed E-state index contributed by atoms with van der Waals surface area (Å²) in [6, 6.07) is 4.33. The van der Waals surface area contributed by atoms with Gasteiger partial charge in [-0.3, -0.25) is 0 Å². The summed E-state index contributed by atoms with van der Waals surface area (Å²) in [7, 11) is 0. The van der Waals surface area contributed by atoms with Gasteiger partial charge in [-0.1, -0.05) is 11.3 Å². The summed E-state index contributed by atoms with van der Waals surface area (Å²) in [4.78, 5) is 10.8. The highest BCUT2D eigenvalue weighted by Crippen LogP contribution is 2.41. The minimum atomic E-state index is -2.65. The lowest BCUT2D eigenvalue weighted by Crippen LogP contribution is -2.24. The minimum absolute atomic E-state index is 0.228. The molecule has 0 radical (unpaired) electrons. The van der Waals surface area contributed by atoms with Gasteiger partial charge in [0.05, 0.1) is 11.9 Å². The van der Waals surface area contributed by atoms with E-state index < -0.39 is 17.7 Å². The zero-order chi connectivity index (χ0) is 16.6. The van der Waals surface area contributed by atoms with Crippen LogP contribution >= 0.6 is 0 Å². The van der Waals surface area contributed by atoms with Crippen LogP contribution in [0.5, 0.6) is 0 Å². The third kappa shape index (κ3) is 3.20. The molecule has 1 aliphatic rings. The molecular weight excluding hydrogens is 311 g/mol. The molecule has 0 bridgehead atoms. The molecule has 3 rings (SSSR count). The second-order valence-corrected chi connectivity index (χ2v) is 5.69. The number of halogens is 3. The summed E-state index contributed by atoms with van der Waals surface area (Å²) in [5.41, 5.74) is 0.485. The average molecular weight is 325 g/mol. The second-order valence-electron chi connectivity index (χ2n) is 5.69. The molecule has 5 nitrogen and oxygen atoms in total. The van der Waals surface area contributed by atoms with Crippen LogP contribution in [0, 0.1) is 5.82 Å². The van der Waals surface area contributed by atoms with Crippen LogP contribution in [0.2, 0.25) is 0 Å². The Morgan fingerprint density at radius 1 is 1.30 bits per heavy atom. The van der Waals surface area contributed by atoms with Gasteiger partial charge in [0.1, 0.15) is 5.82 Å². The Kier molecular flexibility index (Phi) is 3.83. The zero-order valence-corrected chi connectivity index (χ0v) is 12.0. The zero-order valence-electron chi connectivity index (χ0n) is 12.0. The Morgan fingerprint density at radius 3 is 2.57 bits per heavy atom. The number of benzene rings is 1. The number of aromatic nitrogens is 3. The Balaban J connectivity index is 1.82. The van der Waals surface area contributed by atoms with E-state index in [2.05, 4.69) is 10.3 Å². The van der Waals surface area contributed by atoms with E-state index in [4.69, 9.17) is 5.11 Å². The largest absolute Gasteiger partial charge is 0.476 e. The summed E-state index contributed by atoms with van der Waals surface area (Å²) in [6.07, 6.45) is 1.21. The lowest BCUT2D eigenvalue weighted by molar-refractivity contribution is -0.0384. The van der Waals surface area contributed by atoms with Crippen LogP contribution in [0.15, 0.2) is 24.4 Å².